The fourth-order valence-corrected chi connectivity index (χ4v) is 5.07. The summed E-state index contributed by atoms with van der Waals surface area (Å²) in [4.78, 5) is 34.2. The average molecular weight is 436 g/mol. The van der Waals surface area contributed by atoms with Crippen LogP contribution in [0.3, 0.4) is 0 Å². The molecule has 32 heavy (non-hydrogen) atoms. The number of carbonyl (C=O) groups excluding carboxylic acids is 1. The van der Waals surface area contributed by atoms with Crippen molar-refractivity contribution in [3.63, 3.8) is 0 Å². The molecular formula is C23H29N7O2. The second-order valence-electron chi connectivity index (χ2n) is 9.10. The molecule has 0 radical (unpaired) electrons. The van der Waals surface area contributed by atoms with Crippen molar-refractivity contribution in [1.82, 2.24) is 29.2 Å². The van der Waals surface area contributed by atoms with Crippen molar-refractivity contribution in [2.45, 2.75) is 32.7 Å². The Bertz CT molecular complexity index is 1240. The molecule has 4 heterocycles. The molecule has 0 spiro atoms. The number of nitrogens with zero attached hydrogens (tertiary/aromatic N) is 5. The Kier molecular flexibility index (Phi) is 4.91. The van der Waals surface area contributed by atoms with E-state index in [2.05, 4.69) is 40.8 Å². The Morgan fingerprint density at radius 2 is 2.09 bits per heavy atom. The van der Waals surface area contributed by atoms with Crippen molar-refractivity contribution in [1.29, 1.82) is 0 Å². The molecule has 9 heteroatoms. The van der Waals surface area contributed by atoms with Gasteiger partial charge in [0.15, 0.2) is 0 Å². The smallest absolute Gasteiger partial charge is 0.276 e. The highest BCUT2D eigenvalue weighted by Gasteiger charge is 2.56. The molecular weight excluding hydrogens is 406 g/mol. The van der Waals surface area contributed by atoms with Crippen LogP contribution in [0.2, 0.25) is 0 Å². The molecule has 2 fully saturated rings. The molecule has 3 atom stereocenters. The number of carbonyl (C=O) groups is 1. The summed E-state index contributed by atoms with van der Waals surface area (Å²) in [6.07, 6.45) is 7.76. The Labute approximate surface area is 186 Å². The Morgan fingerprint density at radius 3 is 2.78 bits per heavy atom. The number of pyridine rings is 1. The van der Waals surface area contributed by atoms with E-state index in [4.69, 9.17) is 0 Å². The van der Waals surface area contributed by atoms with Crippen molar-refractivity contribution in [3.8, 4) is 0 Å². The number of likely N-dealkylation sites (tertiary alicyclic amines) is 1. The van der Waals surface area contributed by atoms with E-state index in [1.54, 1.807) is 10.9 Å². The number of H-pyrrole nitrogens is 1. The summed E-state index contributed by atoms with van der Waals surface area (Å²) in [7, 11) is 1.91. The van der Waals surface area contributed by atoms with Crippen molar-refractivity contribution in [2.24, 2.45) is 24.8 Å². The fraction of sp³-hybridized carbons (Fsp3) is 0.478. The predicted octanol–water partition coefficient (Wildman–Crippen LogP) is 2.61. The van der Waals surface area contributed by atoms with Gasteiger partial charge in [0.2, 0.25) is 5.91 Å². The third-order valence-corrected chi connectivity index (χ3v) is 7.13. The van der Waals surface area contributed by atoms with Gasteiger partial charge >= 0.3 is 0 Å². The molecule has 168 valence electrons. The molecule has 9 nitrogen and oxygen atoms in total. The van der Waals surface area contributed by atoms with Crippen molar-refractivity contribution < 1.29 is 4.79 Å². The van der Waals surface area contributed by atoms with Crippen molar-refractivity contribution >= 4 is 28.3 Å². The lowest BCUT2D eigenvalue weighted by molar-refractivity contribution is -0.125. The van der Waals surface area contributed by atoms with Crippen LogP contribution in [0.4, 0.5) is 11.4 Å². The summed E-state index contributed by atoms with van der Waals surface area (Å²) in [6, 6.07) is 0. The van der Waals surface area contributed by atoms with Gasteiger partial charge in [0.1, 0.15) is 11.0 Å². The Morgan fingerprint density at radius 1 is 1.34 bits per heavy atom. The van der Waals surface area contributed by atoms with Crippen LogP contribution in [-0.2, 0) is 18.4 Å². The number of piperidine rings is 1. The zero-order valence-corrected chi connectivity index (χ0v) is 18.7. The van der Waals surface area contributed by atoms with Gasteiger partial charge in [-0.05, 0) is 30.3 Å². The molecule has 1 aliphatic heterocycles. The number of amides is 1. The van der Waals surface area contributed by atoms with E-state index < -0.39 is 0 Å². The minimum Gasteiger partial charge on any atom is -0.350 e. The second kappa shape index (κ2) is 7.65. The highest BCUT2D eigenvalue weighted by atomic mass is 16.2. The van der Waals surface area contributed by atoms with E-state index in [-0.39, 0.29) is 11.5 Å². The van der Waals surface area contributed by atoms with Gasteiger partial charge in [0, 0.05) is 45.0 Å². The largest absolute Gasteiger partial charge is 0.350 e. The molecule has 0 bridgehead atoms. The summed E-state index contributed by atoms with van der Waals surface area (Å²) in [5.41, 5.74) is 3.77. The molecule has 3 aromatic heterocycles. The van der Waals surface area contributed by atoms with Crippen LogP contribution in [0.25, 0.3) is 11.0 Å². The standard InChI is InChI=1S/C23H29N7O2/c1-5-13(3)20-17(10-28(4)27-20)26-18-11-30(23(32)22-21(18)24-12-25-22)9-16-14-7-29(8-15(14)16)19(31)6-2/h6,10-16,26H,2,5,7-9H2,1,3-4H3,(H,24,25). The van der Waals surface area contributed by atoms with E-state index in [9.17, 15) is 9.59 Å². The van der Waals surface area contributed by atoms with Gasteiger partial charge in [-0.2, -0.15) is 5.10 Å². The average Bonchev–Trinajstić information content (AvgIpc) is 3.26. The first-order valence-electron chi connectivity index (χ1n) is 11.2. The van der Waals surface area contributed by atoms with Crippen molar-refractivity contribution in [2.75, 3.05) is 18.4 Å². The highest BCUT2D eigenvalue weighted by Crippen LogP contribution is 2.52. The Balaban J connectivity index is 1.42. The van der Waals surface area contributed by atoms with Gasteiger partial charge in [-0.3, -0.25) is 14.3 Å². The third-order valence-electron chi connectivity index (χ3n) is 7.13. The van der Waals surface area contributed by atoms with Crippen LogP contribution in [0, 0.1) is 17.8 Å². The minimum atomic E-state index is -0.0691. The van der Waals surface area contributed by atoms with Gasteiger partial charge < -0.3 is 19.8 Å². The third kappa shape index (κ3) is 3.32. The molecule has 1 saturated heterocycles. The number of aryl methyl sites for hydroxylation is 1. The minimum absolute atomic E-state index is 0.00735. The first-order chi connectivity index (χ1) is 15.4. The van der Waals surface area contributed by atoms with E-state index in [1.807, 2.05) is 29.0 Å². The number of hydrogen-bond donors (Lipinski definition) is 2. The second-order valence-corrected chi connectivity index (χ2v) is 9.10. The van der Waals surface area contributed by atoms with Crippen LogP contribution >= 0.6 is 0 Å². The summed E-state index contributed by atoms with van der Waals surface area (Å²) < 4.78 is 3.59. The van der Waals surface area contributed by atoms with E-state index in [0.29, 0.717) is 41.2 Å². The first kappa shape index (κ1) is 20.5. The lowest BCUT2D eigenvalue weighted by Crippen LogP contribution is -2.31. The topological polar surface area (TPSA) is 101 Å². The molecule has 2 N–H and O–H groups in total. The monoisotopic (exact) mass is 435 g/mol. The molecule has 1 aliphatic carbocycles. The molecule has 5 rings (SSSR count). The van der Waals surface area contributed by atoms with Crippen LogP contribution in [0.5, 0.6) is 0 Å². The lowest BCUT2D eigenvalue weighted by Gasteiger charge is -2.18. The number of hydrogen-bond acceptors (Lipinski definition) is 5. The molecule has 0 aromatic carbocycles. The van der Waals surface area contributed by atoms with Crippen molar-refractivity contribution in [3.05, 3.63) is 47.4 Å². The Hall–Kier alpha value is -3.36. The van der Waals surface area contributed by atoms with E-state index >= 15 is 0 Å². The lowest BCUT2D eigenvalue weighted by atomic mass is 10.0. The van der Waals surface area contributed by atoms with Crippen LogP contribution < -0.4 is 10.9 Å². The summed E-state index contributed by atoms with van der Waals surface area (Å²) in [5.74, 6) is 1.62. The maximum absolute atomic E-state index is 13.1. The normalized spacial score (nSPS) is 22.7. The van der Waals surface area contributed by atoms with Crippen LogP contribution in [-0.4, -0.2) is 48.2 Å². The number of nitrogens with one attached hydrogen (secondary N) is 2. The maximum atomic E-state index is 13.1. The van der Waals surface area contributed by atoms with E-state index in [1.165, 1.54) is 6.08 Å². The maximum Gasteiger partial charge on any atom is 0.276 e. The number of aromatic amines is 1. The molecule has 1 saturated carbocycles. The van der Waals surface area contributed by atoms with Gasteiger partial charge in [-0.15, -0.1) is 0 Å². The SMILES string of the molecule is C=CC(=O)N1CC2C(C1)C2Cn1cc(Nc2cn(C)nc2C(C)CC)c2nc[nH]c2c1=O. The van der Waals surface area contributed by atoms with Gasteiger partial charge in [-0.1, -0.05) is 20.4 Å². The van der Waals surface area contributed by atoms with E-state index in [0.717, 1.165) is 36.6 Å². The highest BCUT2D eigenvalue weighted by molar-refractivity contribution is 5.89. The number of anilines is 2. The first-order valence-corrected chi connectivity index (χ1v) is 11.2. The molecule has 1 amide bonds. The van der Waals surface area contributed by atoms with Gasteiger partial charge in [-0.25, -0.2) is 4.98 Å². The zero-order chi connectivity index (χ0) is 22.6. The molecule has 3 unspecified atom stereocenters. The summed E-state index contributed by atoms with van der Waals surface area (Å²) >= 11 is 0. The van der Waals surface area contributed by atoms with Gasteiger partial charge in [0.25, 0.3) is 5.56 Å². The molecule has 3 aromatic rings. The number of fused-ring (bicyclic) bond motifs is 2. The number of rotatable bonds is 7. The number of aromatic nitrogens is 5. The zero-order valence-electron chi connectivity index (χ0n) is 18.7. The number of imidazole rings is 1. The van der Waals surface area contributed by atoms with Crippen LogP contribution in [0.1, 0.15) is 31.9 Å². The predicted molar refractivity (Wildman–Crippen MR) is 123 cm³/mol. The van der Waals surface area contributed by atoms with Crippen LogP contribution in [0.15, 0.2) is 36.2 Å². The van der Waals surface area contributed by atoms with Gasteiger partial charge in [0.05, 0.1) is 23.4 Å². The summed E-state index contributed by atoms with van der Waals surface area (Å²) in [5, 5.41) is 8.12. The molecule has 2 aliphatic rings. The fourth-order valence-electron chi connectivity index (χ4n) is 5.07. The summed E-state index contributed by atoms with van der Waals surface area (Å²) in [6.45, 7) is 10.0. The quantitative estimate of drug-likeness (QED) is 0.556.